The number of aryl methyl sites for hydroxylation is 1. The molecular weight excluding hydrogens is 248 g/mol. The highest BCUT2D eigenvalue weighted by Gasteiger charge is 2.16. The van der Waals surface area contributed by atoms with Gasteiger partial charge in [-0.1, -0.05) is 12.1 Å². The van der Waals surface area contributed by atoms with Crippen molar-refractivity contribution in [1.29, 1.82) is 0 Å². The molecule has 0 atom stereocenters. The Kier molecular flexibility index (Phi) is 3.37. The van der Waals surface area contributed by atoms with E-state index in [2.05, 4.69) is 5.32 Å². The largest absolute Gasteiger partial charge is 0.382 e. The van der Waals surface area contributed by atoms with Crippen LogP contribution in [0.2, 0.25) is 0 Å². The van der Waals surface area contributed by atoms with E-state index in [0.29, 0.717) is 11.3 Å². The highest BCUT2D eigenvalue weighted by Crippen LogP contribution is 2.28. The van der Waals surface area contributed by atoms with Gasteiger partial charge in [-0.3, -0.25) is 14.7 Å². The zero-order valence-electron chi connectivity index (χ0n) is 10.7. The van der Waals surface area contributed by atoms with Crippen LogP contribution in [0.3, 0.4) is 0 Å². The van der Waals surface area contributed by atoms with Crippen LogP contribution in [0, 0.1) is 10.1 Å². The fraction of sp³-hybridized carbons (Fsp3) is 0.250. The smallest absolute Gasteiger partial charge is 0.328 e. The van der Waals surface area contributed by atoms with Crippen LogP contribution in [0.4, 0.5) is 11.4 Å². The first-order valence-corrected chi connectivity index (χ1v) is 5.70. The summed E-state index contributed by atoms with van der Waals surface area (Å²) in [7, 11) is 3.28. The molecule has 1 aromatic carbocycles. The van der Waals surface area contributed by atoms with Crippen LogP contribution in [0.25, 0.3) is 0 Å². The van der Waals surface area contributed by atoms with Crippen molar-refractivity contribution in [1.82, 2.24) is 9.13 Å². The van der Waals surface area contributed by atoms with Crippen LogP contribution in [0.15, 0.2) is 35.4 Å². The summed E-state index contributed by atoms with van der Waals surface area (Å²) in [5.41, 5.74) is 0.978. The van der Waals surface area contributed by atoms with Gasteiger partial charge < -0.3 is 9.88 Å². The molecule has 0 radical (unpaired) electrons. The lowest BCUT2D eigenvalue weighted by molar-refractivity contribution is -0.384. The maximum atomic E-state index is 11.8. The van der Waals surface area contributed by atoms with Crippen LogP contribution in [0.1, 0.15) is 5.56 Å². The van der Waals surface area contributed by atoms with Gasteiger partial charge in [0.05, 0.1) is 11.5 Å². The summed E-state index contributed by atoms with van der Waals surface area (Å²) in [5, 5.41) is 13.8. The van der Waals surface area contributed by atoms with Crippen LogP contribution in [-0.2, 0) is 13.6 Å². The Morgan fingerprint density at radius 3 is 2.63 bits per heavy atom. The normalized spacial score (nSPS) is 10.4. The Labute approximate surface area is 109 Å². The molecule has 0 bridgehead atoms. The number of rotatable bonds is 4. The number of nitrogens with zero attached hydrogens (tertiary/aromatic N) is 3. The number of para-hydroxylation sites is 1. The molecule has 0 amide bonds. The van der Waals surface area contributed by atoms with Crippen molar-refractivity contribution in [2.75, 3.05) is 12.4 Å². The maximum Gasteiger partial charge on any atom is 0.328 e. The van der Waals surface area contributed by atoms with Crippen LogP contribution < -0.4 is 11.0 Å². The third kappa shape index (κ3) is 2.35. The molecule has 7 nitrogen and oxygen atoms in total. The first kappa shape index (κ1) is 12.9. The number of aromatic nitrogens is 2. The zero-order chi connectivity index (χ0) is 14.0. The minimum atomic E-state index is -0.441. The molecule has 0 saturated heterocycles. The number of anilines is 1. The topological polar surface area (TPSA) is 82.1 Å². The molecular formula is C12H14N4O3. The molecule has 0 spiro atoms. The van der Waals surface area contributed by atoms with Gasteiger partial charge in [-0.05, 0) is 0 Å². The number of hydrogen-bond donors (Lipinski definition) is 1. The number of imidazole rings is 1. The molecule has 2 rings (SSSR count). The van der Waals surface area contributed by atoms with E-state index in [1.165, 1.54) is 15.2 Å². The van der Waals surface area contributed by atoms with Gasteiger partial charge in [-0.25, -0.2) is 4.79 Å². The van der Waals surface area contributed by atoms with Crippen molar-refractivity contribution < 1.29 is 4.92 Å². The molecule has 1 aromatic heterocycles. The highest BCUT2D eigenvalue weighted by atomic mass is 16.6. The van der Waals surface area contributed by atoms with Crippen LogP contribution in [0.5, 0.6) is 0 Å². The molecule has 0 fully saturated rings. The molecule has 0 unspecified atom stereocenters. The molecule has 1 heterocycles. The van der Waals surface area contributed by atoms with E-state index >= 15 is 0 Å². The minimum Gasteiger partial charge on any atom is -0.382 e. The van der Waals surface area contributed by atoms with Crippen molar-refractivity contribution >= 4 is 11.4 Å². The van der Waals surface area contributed by atoms with Crippen molar-refractivity contribution in [2.24, 2.45) is 7.05 Å². The van der Waals surface area contributed by atoms with Crippen molar-refractivity contribution in [3.8, 4) is 0 Å². The first-order valence-electron chi connectivity index (χ1n) is 5.70. The van der Waals surface area contributed by atoms with Gasteiger partial charge in [0.25, 0.3) is 5.69 Å². The average Bonchev–Trinajstić information content (AvgIpc) is 2.70. The van der Waals surface area contributed by atoms with Gasteiger partial charge in [0, 0.05) is 38.1 Å². The van der Waals surface area contributed by atoms with E-state index in [9.17, 15) is 14.9 Å². The Morgan fingerprint density at radius 1 is 1.37 bits per heavy atom. The quantitative estimate of drug-likeness (QED) is 0.662. The van der Waals surface area contributed by atoms with Crippen LogP contribution >= 0.6 is 0 Å². The minimum absolute atomic E-state index is 0.00369. The van der Waals surface area contributed by atoms with Crippen LogP contribution in [-0.4, -0.2) is 21.1 Å². The molecule has 0 aliphatic heterocycles. The summed E-state index contributed by atoms with van der Waals surface area (Å²) in [6.07, 6.45) is 3.30. The Hall–Kier alpha value is -2.57. The molecule has 0 aliphatic carbocycles. The zero-order valence-corrected chi connectivity index (χ0v) is 10.7. The molecule has 100 valence electrons. The third-order valence-electron chi connectivity index (χ3n) is 2.93. The van der Waals surface area contributed by atoms with E-state index in [1.54, 1.807) is 38.6 Å². The summed E-state index contributed by atoms with van der Waals surface area (Å²) in [6, 6.07) is 4.81. The standard InChI is InChI=1S/C12H14N4O3/c1-13-11-9(4-3-5-10(11)16(18)19)8-15-7-6-14(2)12(15)17/h3-7,13H,8H2,1-2H3. The second-order valence-corrected chi connectivity index (χ2v) is 4.14. The van der Waals surface area contributed by atoms with Crippen molar-refractivity contribution in [2.45, 2.75) is 6.54 Å². The van der Waals surface area contributed by atoms with E-state index in [4.69, 9.17) is 0 Å². The maximum absolute atomic E-state index is 11.8. The summed E-state index contributed by atoms with van der Waals surface area (Å²) in [4.78, 5) is 22.3. The number of nitro benzene ring substituents is 1. The summed E-state index contributed by atoms with van der Waals surface area (Å²) >= 11 is 0. The molecule has 7 heteroatoms. The Bertz CT molecular complexity index is 672. The number of nitrogens with one attached hydrogen (secondary N) is 1. The lowest BCUT2D eigenvalue weighted by Crippen LogP contribution is -2.22. The fourth-order valence-electron chi connectivity index (χ4n) is 1.97. The lowest BCUT2D eigenvalue weighted by atomic mass is 10.1. The van der Waals surface area contributed by atoms with Gasteiger partial charge >= 0.3 is 5.69 Å². The molecule has 19 heavy (non-hydrogen) atoms. The molecule has 0 saturated carbocycles. The highest BCUT2D eigenvalue weighted by molar-refractivity contribution is 5.66. The number of benzene rings is 1. The third-order valence-corrected chi connectivity index (χ3v) is 2.93. The second-order valence-electron chi connectivity index (χ2n) is 4.14. The SMILES string of the molecule is CNc1c(Cn2ccn(C)c2=O)cccc1[N+](=O)[O-]. The Balaban J connectivity index is 2.46. The predicted octanol–water partition coefficient (Wildman–Crippen LogP) is 1.18. The van der Waals surface area contributed by atoms with Gasteiger partial charge in [0.1, 0.15) is 5.69 Å². The summed E-state index contributed by atoms with van der Waals surface area (Å²) in [5.74, 6) is 0. The number of nitro groups is 1. The predicted molar refractivity (Wildman–Crippen MR) is 71.4 cm³/mol. The molecule has 2 aromatic rings. The van der Waals surface area contributed by atoms with E-state index < -0.39 is 4.92 Å². The fourth-order valence-corrected chi connectivity index (χ4v) is 1.97. The van der Waals surface area contributed by atoms with Crippen molar-refractivity contribution in [3.05, 3.63) is 56.8 Å². The van der Waals surface area contributed by atoms with E-state index in [1.807, 2.05) is 0 Å². The first-order chi connectivity index (χ1) is 9.04. The van der Waals surface area contributed by atoms with Gasteiger partial charge in [0.15, 0.2) is 0 Å². The van der Waals surface area contributed by atoms with E-state index in [0.717, 1.165) is 0 Å². The van der Waals surface area contributed by atoms with Gasteiger partial charge in [-0.15, -0.1) is 0 Å². The second kappa shape index (κ2) is 4.97. The number of hydrogen-bond acceptors (Lipinski definition) is 4. The molecule has 0 aliphatic rings. The lowest BCUT2D eigenvalue weighted by Gasteiger charge is -2.09. The van der Waals surface area contributed by atoms with Crippen molar-refractivity contribution in [3.63, 3.8) is 0 Å². The van der Waals surface area contributed by atoms with Gasteiger partial charge in [0.2, 0.25) is 0 Å². The molecule has 1 N–H and O–H groups in total. The monoisotopic (exact) mass is 262 g/mol. The summed E-state index contributed by atoms with van der Waals surface area (Å²) in [6.45, 7) is 0.289. The average molecular weight is 262 g/mol. The van der Waals surface area contributed by atoms with E-state index in [-0.39, 0.29) is 17.9 Å². The summed E-state index contributed by atoms with van der Waals surface area (Å²) < 4.78 is 2.95. The Morgan fingerprint density at radius 2 is 2.11 bits per heavy atom. The van der Waals surface area contributed by atoms with Gasteiger partial charge in [-0.2, -0.15) is 0 Å².